The third-order valence-electron chi connectivity index (χ3n) is 3.87. The van der Waals surface area contributed by atoms with Gasteiger partial charge < -0.3 is 15.4 Å². The van der Waals surface area contributed by atoms with Crippen LogP contribution in [0.25, 0.3) is 0 Å². The van der Waals surface area contributed by atoms with E-state index in [1.54, 1.807) is 0 Å². The maximum atomic E-state index is 10.9. The highest BCUT2D eigenvalue weighted by Crippen LogP contribution is 2.33. The first-order valence-corrected chi connectivity index (χ1v) is 6.54. The second kappa shape index (κ2) is 5.66. The van der Waals surface area contributed by atoms with E-state index in [9.17, 15) is 9.90 Å². The van der Waals surface area contributed by atoms with E-state index in [4.69, 9.17) is 10.3 Å². The van der Waals surface area contributed by atoms with Crippen molar-refractivity contribution in [2.45, 2.75) is 32.7 Å². The summed E-state index contributed by atoms with van der Waals surface area (Å²) < 4.78 is 5.00. The molecular formula is C12H20N4O3. The van der Waals surface area contributed by atoms with Crippen LogP contribution in [0.4, 0.5) is 0 Å². The normalized spacial score (nSPS) is 24.5. The number of aliphatic hydroxyl groups excluding tert-OH is 1. The molecule has 1 fully saturated rings. The number of hydrogen-bond donors (Lipinski definition) is 2. The molecule has 2 heterocycles. The fraction of sp³-hybridized carbons (Fsp3) is 0.750. The number of carbonyl (C=O) groups excluding carboxylic acids is 1. The Morgan fingerprint density at radius 3 is 3.00 bits per heavy atom. The molecule has 0 radical (unpaired) electrons. The first kappa shape index (κ1) is 14.0. The van der Waals surface area contributed by atoms with Crippen LogP contribution in [0.15, 0.2) is 4.52 Å². The molecule has 1 atom stereocenters. The van der Waals surface area contributed by atoms with Gasteiger partial charge in [-0.15, -0.1) is 0 Å². The van der Waals surface area contributed by atoms with Crippen molar-refractivity contribution in [2.75, 3.05) is 19.7 Å². The van der Waals surface area contributed by atoms with E-state index in [0.29, 0.717) is 12.4 Å². The molecule has 0 aromatic carbocycles. The minimum atomic E-state index is -0.688. The minimum absolute atomic E-state index is 0.0369. The summed E-state index contributed by atoms with van der Waals surface area (Å²) in [5, 5.41) is 13.1. The summed E-state index contributed by atoms with van der Waals surface area (Å²) in [5.41, 5.74) is 5.04. The summed E-state index contributed by atoms with van der Waals surface area (Å²) in [5.74, 6) is -0.388. The van der Waals surface area contributed by atoms with E-state index in [2.05, 4.69) is 22.0 Å². The predicted octanol–water partition coefficient (Wildman–Crippen LogP) is 0.153. The van der Waals surface area contributed by atoms with E-state index in [0.717, 1.165) is 32.4 Å². The van der Waals surface area contributed by atoms with E-state index in [1.165, 1.54) is 0 Å². The Labute approximate surface area is 111 Å². The number of aromatic nitrogens is 2. The van der Waals surface area contributed by atoms with Crippen LogP contribution in [0.2, 0.25) is 0 Å². The molecule has 1 saturated heterocycles. The quantitative estimate of drug-likeness (QED) is 0.787. The fourth-order valence-electron chi connectivity index (χ4n) is 2.58. The summed E-state index contributed by atoms with van der Waals surface area (Å²) in [4.78, 5) is 17.0. The zero-order valence-electron chi connectivity index (χ0n) is 11.1. The van der Waals surface area contributed by atoms with Gasteiger partial charge in [-0.1, -0.05) is 12.1 Å². The fourth-order valence-corrected chi connectivity index (χ4v) is 2.58. The molecule has 7 nitrogen and oxygen atoms in total. The second-order valence-electron chi connectivity index (χ2n) is 5.20. The lowest BCUT2D eigenvalue weighted by molar-refractivity contribution is 0.0217. The second-order valence-corrected chi connectivity index (χ2v) is 5.20. The number of primary amides is 1. The first-order valence-electron chi connectivity index (χ1n) is 6.54. The van der Waals surface area contributed by atoms with Gasteiger partial charge in [0.25, 0.3) is 11.7 Å². The first-order chi connectivity index (χ1) is 9.08. The highest BCUT2D eigenvalue weighted by Gasteiger charge is 2.33. The Kier molecular flexibility index (Phi) is 4.16. The Balaban J connectivity index is 2.00. The lowest BCUT2D eigenvalue weighted by atomic mass is 9.78. The molecule has 1 aromatic rings. The van der Waals surface area contributed by atoms with Gasteiger partial charge in [0.2, 0.25) is 5.89 Å². The summed E-state index contributed by atoms with van der Waals surface area (Å²) >= 11 is 0. The molecule has 0 bridgehead atoms. The van der Waals surface area contributed by atoms with Crippen molar-refractivity contribution in [3.05, 3.63) is 11.7 Å². The van der Waals surface area contributed by atoms with Crippen molar-refractivity contribution < 1.29 is 14.4 Å². The van der Waals surface area contributed by atoms with Gasteiger partial charge in [-0.2, -0.15) is 4.98 Å². The molecule has 7 heteroatoms. The summed E-state index contributed by atoms with van der Waals surface area (Å²) in [6, 6.07) is 0. The largest absolute Gasteiger partial charge is 0.396 e. The number of hydrogen-bond acceptors (Lipinski definition) is 6. The zero-order valence-corrected chi connectivity index (χ0v) is 11.1. The van der Waals surface area contributed by atoms with Crippen LogP contribution in [0.5, 0.6) is 0 Å². The number of aliphatic hydroxyl groups is 1. The third kappa shape index (κ3) is 3.10. The molecule has 3 N–H and O–H groups in total. The molecule has 1 aliphatic heterocycles. The summed E-state index contributed by atoms with van der Waals surface area (Å²) in [6.07, 6.45) is 3.01. The monoisotopic (exact) mass is 268 g/mol. The molecule has 0 spiro atoms. The van der Waals surface area contributed by atoms with Gasteiger partial charge in [-0.3, -0.25) is 9.69 Å². The van der Waals surface area contributed by atoms with Crippen LogP contribution in [-0.4, -0.2) is 45.8 Å². The average molecular weight is 268 g/mol. The maximum Gasteiger partial charge on any atom is 0.290 e. The van der Waals surface area contributed by atoms with Crippen LogP contribution >= 0.6 is 0 Å². The van der Waals surface area contributed by atoms with Gasteiger partial charge in [0.1, 0.15) is 0 Å². The molecular weight excluding hydrogens is 248 g/mol. The van der Waals surface area contributed by atoms with E-state index < -0.39 is 5.91 Å². The Morgan fingerprint density at radius 1 is 1.63 bits per heavy atom. The van der Waals surface area contributed by atoms with Crippen molar-refractivity contribution in [1.29, 1.82) is 0 Å². The number of rotatable bonds is 5. The molecule has 106 valence electrons. The molecule has 1 aliphatic rings. The number of nitrogens with zero attached hydrogens (tertiary/aromatic N) is 3. The average Bonchev–Trinajstić information content (AvgIpc) is 2.87. The summed E-state index contributed by atoms with van der Waals surface area (Å²) in [7, 11) is 0. The number of amides is 1. The van der Waals surface area contributed by atoms with Crippen molar-refractivity contribution in [1.82, 2.24) is 15.0 Å². The topological polar surface area (TPSA) is 105 Å². The smallest absolute Gasteiger partial charge is 0.290 e. The van der Waals surface area contributed by atoms with Crippen LogP contribution in [0.1, 0.15) is 42.7 Å². The van der Waals surface area contributed by atoms with Crippen LogP contribution < -0.4 is 5.73 Å². The molecule has 0 unspecified atom stereocenters. The number of carbonyl (C=O) groups is 1. The highest BCUT2D eigenvalue weighted by molar-refractivity contribution is 5.88. The number of piperidine rings is 1. The van der Waals surface area contributed by atoms with Crippen molar-refractivity contribution in [2.24, 2.45) is 11.1 Å². The number of likely N-dealkylation sites (tertiary alicyclic amines) is 1. The van der Waals surface area contributed by atoms with Gasteiger partial charge in [0, 0.05) is 18.6 Å². The van der Waals surface area contributed by atoms with E-state index in [1.807, 2.05) is 0 Å². The Morgan fingerprint density at radius 2 is 2.42 bits per heavy atom. The Hall–Kier alpha value is -1.47. The van der Waals surface area contributed by atoms with Gasteiger partial charge in [-0.05, 0) is 25.8 Å². The van der Waals surface area contributed by atoms with Crippen molar-refractivity contribution in [3.63, 3.8) is 0 Å². The maximum absolute atomic E-state index is 10.9. The van der Waals surface area contributed by atoms with Crippen molar-refractivity contribution in [3.8, 4) is 0 Å². The van der Waals surface area contributed by atoms with Gasteiger partial charge in [0.05, 0.1) is 6.54 Å². The molecule has 0 saturated carbocycles. The minimum Gasteiger partial charge on any atom is -0.396 e. The van der Waals surface area contributed by atoms with Gasteiger partial charge in [-0.25, -0.2) is 0 Å². The van der Waals surface area contributed by atoms with E-state index >= 15 is 0 Å². The van der Waals surface area contributed by atoms with E-state index in [-0.39, 0.29) is 17.8 Å². The standard InChI is InChI=1S/C12H20N4O3/c1-2-12(8-17)4-3-5-16(7-12)6-9-14-11(10(13)18)15-19-9/h17H,2-8H2,1H3,(H2,13,18)/t12-/m1/s1. The zero-order chi connectivity index (χ0) is 13.9. The SMILES string of the molecule is CC[C@@]1(CO)CCCN(Cc2nc(C(N)=O)no2)C1. The number of nitrogens with two attached hydrogens (primary N) is 1. The van der Waals surface area contributed by atoms with Gasteiger partial charge in [0.15, 0.2) is 0 Å². The summed E-state index contributed by atoms with van der Waals surface area (Å²) in [6.45, 7) is 4.50. The molecule has 1 aromatic heterocycles. The molecule has 0 aliphatic carbocycles. The van der Waals surface area contributed by atoms with Crippen LogP contribution in [0, 0.1) is 5.41 Å². The molecule has 1 amide bonds. The van der Waals surface area contributed by atoms with Crippen LogP contribution in [-0.2, 0) is 6.54 Å². The highest BCUT2D eigenvalue weighted by atomic mass is 16.5. The lowest BCUT2D eigenvalue weighted by Gasteiger charge is -2.40. The predicted molar refractivity (Wildman–Crippen MR) is 67.1 cm³/mol. The van der Waals surface area contributed by atoms with Crippen molar-refractivity contribution >= 4 is 5.91 Å². The molecule has 2 rings (SSSR count). The molecule has 19 heavy (non-hydrogen) atoms. The Bertz CT molecular complexity index is 442. The lowest BCUT2D eigenvalue weighted by Crippen LogP contribution is -2.44. The third-order valence-corrected chi connectivity index (χ3v) is 3.87. The van der Waals surface area contributed by atoms with Crippen LogP contribution in [0.3, 0.4) is 0 Å². The van der Waals surface area contributed by atoms with Gasteiger partial charge >= 0.3 is 0 Å².